The molecule has 6 heteroatoms. The maximum absolute atomic E-state index is 13.2. The van der Waals surface area contributed by atoms with E-state index in [9.17, 15) is 4.79 Å². The minimum absolute atomic E-state index is 0.116. The number of carbonyl (C=O) groups excluding carboxylic acids is 1. The lowest BCUT2D eigenvalue weighted by Gasteiger charge is -2.14. The Bertz CT molecular complexity index is 1330. The summed E-state index contributed by atoms with van der Waals surface area (Å²) in [6, 6.07) is 18.6. The fraction of sp³-hybridized carbons (Fsp3) is 0.200. The molecule has 1 aliphatic carbocycles. The number of rotatable bonds is 5. The van der Waals surface area contributed by atoms with Gasteiger partial charge in [0.2, 0.25) is 0 Å². The van der Waals surface area contributed by atoms with Gasteiger partial charge >= 0.3 is 0 Å². The molecule has 5 rings (SSSR count). The van der Waals surface area contributed by atoms with E-state index in [-0.39, 0.29) is 5.78 Å². The van der Waals surface area contributed by atoms with Crippen LogP contribution in [0.25, 0.3) is 11.0 Å². The van der Waals surface area contributed by atoms with Crippen molar-refractivity contribution in [2.24, 2.45) is 12.8 Å². The Morgan fingerprint density at radius 1 is 1.19 bits per heavy atom. The molecule has 1 unspecified atom stereocenters. The van der Waals surface area contributed by atoms with Gasteiger partial charge < -0.3 is 10.3 Å². The number of aryl methyl sites for hydroxylation is 1. The monoisotopic (exact) mass is 407 g/mol. The van der Waals surface area contributed by atoms with Crippen LogP contribution >= 0.6 is 0 Å². The van der Waals surface area contributed by atoms with Gasteiger partial charge in [-0.3, -0.25) is 9.78 Å². The van der Waals surface area contributed by atoms with E-state index >= 15 is 0 Å². The Balaban J connectivity index is 1.51. The predicted octanol–water partition coefficient (Wildman–Crippen LogP) is 3.80. The minimum Gasteiger partial charge on any atom is -0.330 e. The minimum atomic E-state index is -0.482. The molecule has 1 fully saturated rings. The topological polar surface area (TPSA) is 97.6 Å². The Labute approximate surface area is 180 Å². The third kappa shape index (κ3) is 3.11. The molecule has 1 aliphatic rings. The van der Waals surface area contributed by atoms with Gasteiger partial charge in [-0.15, -0.1) is 0 Å². The number of imidazole rings is 1. The van der Waals surface area contributed by atoms with E-state index in [1.54, 1.807) is 30.6 Å². The maximum Gasteiger partial charge on any atom is 0.174 e. The molecular weight excluding hydrogens is 386 g/mol. The van der Waals surface area contributed by atoms with Crippen LogP contribution in [0.5, 0.6) is 0 Å². The van der Waals surface area contributed by atoms with Gasteiger partial charge in [-0.25, -0.2) is 4.98 Å². The van der Waals surface area contributed by atoms with Crippen LogP contribution in [0.2, 0.25) is 0 Å². The first-order valence-corrected chi connectivity index (χ1v) is 10.2. The zero-order valence-electron chi connectivity index (χ0n) is 17.1. The third-order valence-electron chi connectivity index (χ3n) is 6.25. The molecule has 31 heavy (non-hydrogen) atoms. The molecule has 0 aliphatic heterocycles. The second kappa shape index (κ2) is 7.15. The summed E-state index contributed by atoms with van der Waals surface area (Å²) >= 11 is 0. The van der Waals surface area contributed by atoms with Crippen LogP contribution in [0.15, 0.2) is 67.0 Å². The van der Waals surface area contributed by atoms with Crippen molar-refractivity contribution in [1.82, 2.24) is 14.5 Å². The van der Waals surface area contributed by atoms with E-state index in [2.05, 4.69) is 11.1 Å². The summed E-state index contributed by atoms with van der Waals surface area (Å²) in [6.07, 6.45) is 4.97. The molecule has 2 heterocycles. The first-order chi connectivity index (χ1) is 15.0. The highest BCUT2D eigenvalue weighted by Crippen LogP contribution is 2.51. The molecule has 0 radical (unpaired) electrons. The number of ketones is 1. The lowest BCUT2D eigenvalue weighted by atomic mass is 9.88. The summed E-state index contributed by atoms with van der Waals surface area (Å²) in [4.78, 5) is 22.1. The molecule has 2 N–H and O–H groups in total. The zero-order chi connectivity index (χ0) is 21.6. The summed E-state index contributed by atoms with van der Waals surface area (Å²) in [7, 11) is 1.95. The van der Waals surface area contributed by atoms with Crippen molar-refractivity contribution < 1.29 is 4.79 Å². The zero-order valence-corrected chi connectivity index (χ0v) is 17.1. The quantitative estimate of drug-likeness (QED) is 0.508. The van der Waals surface area contributed by atoms with Crippen molar-refractivity contribution in [3.05, 3.63) is 95.1 Å². The van der Waals surface area contributed by atoms with Crippen LogP contribution < -0.4 is 5.73 Å². The molecular formula is C25H21N5O. The Hall–Kier alpha value is -3.82. The van der Waals surface area contributed by atoms with E-state index in [1.165, 1.54) is 0 Å². The molecule has 0 amide bonds. The molecule has 6 nitrogen and oxygen atoms in total. The van der Waals surface area contributed by atoms with E-state index < -0.39 is 11.5 Å². The fourth-order valence-corrected chi connectivity index (χ4v) is 4.25. The second-order valence-electron chi connectivity index (χ2n) is 8.10. The molecule has 2 aromatic carbocycles. The number of nitrogens with two attached hydrogens (primary N) is 1. The van der Waals surface area contributed by atoms with E-state index in [0.717, 1.165) is 40.8 Å². The predicted molar refractivity (Wildman–Crippen MR) is 117 cm³/mol. The van der Waals surface area contributed by atoms with Crippen molar-refractivity contribution in [3.8, 4) is 6.07 Å². The van der Waals surface area contributed by atoms with Gasteiger partial charge in [-0.1, -0.05) is 18.2 Å². The van der Waals surface area contributed by atoms with Crippen LogP contribution in [0, 0.1) is 11.3 Å². The smallest absolute Gasteiger partial charge is 0.174 e. The van der Waals surface area contributed by atoms with Crippen molar-refractivity contribution in [2.75, 3.05) is 0 Å². The Kier molecular flexibility index (Phi) is 4.42. The number of pyridine rings is 1. The van der Waals surface area contributed by atoms with Gasteiger partial charge in [0, 0.05) is 25.0 Å². The molecule has 152 valence electrons. The lowest BCUT2D eigenvalue weighted by molar-refractivity contribution is 0.0946. The van der Waals surface area contributed by atoms with Gasteiger partial charge in [-0.05, 0) is 60.4 Å². The normalized spacial score (nSPS) is 15.4. The summed E-state index contributed by atoms with van der Waals surface area (Å²) in [5.74, 6) is 0.852. The summed E-state index contributed by atoms with van der Waals surface area (Å²) in [6.45, 7) is 0. The molecule has 0 bridgehead atoms. The Morgan fingerprint density at radius 2 is 1.97 bits per heavy atom. The second-order valence-corrected chi connectivity index (χ2v) is 8.10. The van der Waals surface area contributed by atoms with Crippen molar-refractivity contribution >= 4 is 16.8 Å². The largest absolute Gasteiger partial charge is 0.330 e. The standard InChI is InChI=1S/C25H21N5O/c1-30-21-9-8-19(25(10-11-25)23(31)18-3-2-12-28-15-18)13-20(21)29-24(30)22(27)17-6-4-16(14-26)5-7-17/h2-9,12-13,15,22H,10-11,27H2,1H3. The summed E-state index contributed by atoms with van der Waals surface area (Å²) < 4.78 is 1.99. The van der Waals surface area contributed by atoms with E-state index in [0.29, 0.717) is 11.1 Å². The van der Waals surface area contributed by atoms with Crippen LogP contribution in [0.4, 0.5) is 0 Å². The first-order valence-electron chi connectivity index (χ1n) is 10.2. The number of Topliss-reactive ketones (excluding diaryl/α,β-unsaturated/α-hetero) is 1. The molecule has 1 saturated carbocycles. The number of benzene rings is 2. The van der Waals surface area contributed by atoms with E-state index in [4.69, 9.17) is 16.0 Å². The lowest BCUT2D eigenvalue weighted by Crippen LogP contribution is -2.20. The van der Waals surface area contributed by atoms with Gasteiger partial charge in [0.1, 0.15) is 5.82 Å². The molecule has 4 aromatic rings. The average molecular weight is 407 g/mol. The van der Waals surface area contributed by atoms with Crippen LogP contribution in [0.3, 0.4) is 0 Å². The number of hydrogen-bond acceptors (Lipinski definition) is 5. The number of nitrogens with zero attached hydrogens (tertiary/aromatic N) is 4. The maximum atomic E-state index is 13.2. The highest BCUT2D eigenvalue weighted by Gasteiger charge is 2.51. The number of carbonyl (C=O) groups is 1. The van der Waals surface area contributed by atoms with Gasteiger partial charge in [0.05, 0.1) is 34.1 Å². The van der Waals surface area contributed by atoms with Gasteiger partial charge in [0.15, 0.2) is 5.78 Å². The van der Waals surface area contributed by atoms with Crippen LogP contribution in [-0.2, 0) is 12.5 Å². The average Bonchev–Trinajstić information content (AvgIpc) is 3.57. The molecule has 2 aromatic heterocycles. The molecule has 1 atom stereocenters. The fourth-order valence-electron chi connectivity index (χ4n) is 4.25. The number of hydrogen-bond donors (Lipinski definition) is 1. The molecule has 0 spiro atoms. The Morgan fingerprint density at radius 3 is 2.61 bits per heavy atom. The highest BCUT2D eigenvalue weighted by molar-refractivity contribution is 6.06. The van der Waals surface area contributed by atoms with Crippen LogP contribution in [-0.4, -0.2) is 20.3 Å². The van der Waals surface area contributed by atoms with Crippen LogP contribution in [0.1, 0.15) is 51.8 Å². The molecule has 0 saturated heterocycles. The summed E-state index contributed by atoms with van der Waals surface area (Å²) in [5, 5.41) is 9.01. The first kappa shape index (κ1) is 19.2. The van der Waals surface area contributed by atoms with Gasteiger partial charge in [0.25, 0.3) is 0 Å². The van der Waals surface area contributed by atoms with Gasteiger partial charge in [-0.2, -0.15) is 5.26 Å². The number of aromatic nitrogens is 3. The van der Waals surface area contributed by atoms with E-state index in [1.807, 2.05) is 48.0 Å². The SMILES string of the molecule is Cn1c(C(N)c2ccc(C#N)cc2)nc2cc(C3(C(=O)c4cccnc4)CC3)ccc21. The highest BCUT2D eigenvalue weighted by atomic mass is 16.1. The number of fused-ring (bicyclic) bond motifs is 1. The van der Waals surface area contributed by atoms with Crippen molar-refractivity contribution in [2.45, 2.75) is 24.3 Å². The summed E-state index contributed by atoms with van der Waals surface area (Å²) in [5.41, 5.74) is 10.9. The van der Waals surface area contributed by atoms with Crippen molar-refractivity contribution in [3.63, 3.8) is 0 Å². The third-order valence-corrected chi connectivity index (χ3v) is 6.25. The van der Waals surface area contributed by atoms with Crippen molar-refractivity contribution in [1.29, 1.82) is 5.26 Å². The number of nitriles is 1.